The molecule has 2 atom stereocenters. The van der Waals surface area contributed by atoms with E-state index in [4.69, 9.17) is 27.9 Å². The van der Waals surface area contributed by atoms with Crippen molar-refractivity contribution in [3.63, 3.8) is 0 Å². The Morgan fingerprint density at radius 1 is 1.00 bits per heavy atom. The van der Waals surface area contributed by atoms with Gasteiger partial charge in [0.25, 0.3) is 0 Å². The molecule has 2 aromatic rings. The van der Waals surface area contributed by atoms with E-state index in [0.717, 1.165) is 11.1 Å². The van der Waals surface area contributed by atoms with Gasteiger partial charge in [0.2, 0.25) is 0 Å². The van der Waals surface area contributed by atoms with Crippen LogP contribution in [0, 0.1) is 0 Å². The molecule has 0 aliphatic rings. The van der Waals surface area contributed by atoms with Crippen molar-refractivity contribution >= 4 is 23.2 Å². The first kappa shape index (κ1) is 15.3. The number of hydrogen-bond acceptors (Lipinski definition) is 2. The van der Waals surface area contributed by atoms with Crippen LogP contribution in [0.5, 0.6) is 0 Å². The van der Waals surface area contributed by atoms with Crippen molar-refractivity contribution in [3.8, 4) is 0 Å². The minimum Gasteiger partial charge on any atom is -0.390 e. The zero-order valence-electron chi connectivity index (χ0n) is 11.1. The molecule has 0 spiro atoms. The van der Waals surface area contributed by atoms with Gasteiger partial charge in [0.1, 0.15) is 6.10 Å². The maximum Gasteiger partial charge on any atom is 0.108 e. The van der Waals surface area contributed by atoms with Gasteiger partial charge >= 0.3 is 0 Å². The van der Waals surface area contributed by atoms with Gasteiger partial charge in [0.15, 0.2) is 0 Å². The number of methoxy groups -OCH3 is 1. The summed E-state index contributed by atoms with van der Waals surface area (Å²) in [6.45, 7) is 0. The van der Waals surface area contributed by atoms with E-state index in [9.17, 15) is 5.11 Å². The lowest BCUT2D eigenvalue weighted by Crippen LogP contribution is -2.23. The topological polar surface area (TPSA) is 29.5 Å². The Labute approximate surface area is 128 Å². The number of ether oxygens (including phenoxy) is 1. The van der Waals surface area contributed by atoms with Crippen LogP contribution in [0.25, 0.3) is 0 Å². The van der Waals surface area contributed by atoms with Crippen molar-refractivity contribution in [2.75, 3.05) is 7.11 Å². The van der Waals surface area contributed by atoms with Crippen LogP contribution in [0.15, 0.2) is 48.5 Å². The first-order valence-corrected chi connectivity index (χ1v) is 7.07. The summed E-state index contributed by atoms with van der Waals surface area (Å²) in [5, 5.41) is 11.5. The first-order valence-electron chi connectivity index (χ1n) is 6.32. The number of halogens is 2. The molecule has 106 valence electrons. The van der Waals surface area contributed by atoms with E-state index >= 15 is 0 Å². The van der Waals surface area contributed by atoms with Gasteiger partial charge < -0.3 is 9.84 Å². The standard InChI is InChI=1S/C16H16Cl2O2/c1-20-16(11-6-3-2-4-7-11)15(19)10-12-13(17)8-5-9-14(12)18/h2-9,15-16,19H,10H2,1H3. The predicted molar refractivity (Wildman–Crippen MR) is 82.4 cm³/mol. The second-order valence-electron chi connectivity index (χ2n) is 4.54. The van der Waals surface area contributed by atoms with Crippen LogP contribution in [-0.4, -0.2) is 18.3 Å². The fraction of sp³-hybridized carbons (Fsp3) is 0.250. The molecule has 4 heteroatoms. The highest BCUT2D eigenvalue weighted by Crippen LogP contribution is 2.29. The second kappa shape index (κ2) is 7.09. The minimum absolute atomic E-state index is 0.339. The number of aliphatic hydroxyl groups is 1. The molecule has 0 saturated heterocycles. The van der Waals surface area contributed by atoms with Crippen LogP contribution < -0.4 is 0 Å². The van der Waals surface area contributed by atoms with Crippen molar-refractivity contribution < 1.29 is 9.84 Å². The number of rotatable bonds is 5. The van der Waals surface area contributed by atoms with Gasteiger partial charge in [-0.3, -0.25) is 0 Å². The Kier molecular flexibility index (Phi) is 5.44. The summed E-state index contributed by atoms with van der Waals surface area (Å²) in [5.41, 5.74) is 1.66. The molecule has 0 aliphatic heterocycles. The lowest BCUT2D eigenvalue weighted by atomic mass is 9.98. The maximum atomic E-state index is 10.4. The van der Waals surface area contributed by atoms with Gasteiger partial charge in [-0.25, -0.2) is 0 Å². The molecular formula is C16H16Cl2O2. The average Bonchev–Trinajstić information content (AvgIpc) is 2.45. The van der Waals surface area contributed by atoms with E-state index in [1.807, 2.05) is 30.3 Å². The molecule has 0 bridgehead atoms. The lowest BCUT2D eigenvalue weighted by molar-refractivity contribution is -0.0128. The zero-order valence-corrected chi connectivity index (χ0v) is 12.6. The van der Waals surface area contributed by atoms with E-state index in [2.05, 4.69) is 0 Å². The molecule has 0 saturated carbocycles. The van der Waals surface area contributed by atoms with Gasteiger partial charge in [0, 0.05) is 23.6 Å². The van der Waals surface area contributed by atoms with Crippen LogP contribution in [0.2, 0.25) is 10.0 Å². The highest BCUT2D eigenvalue weighted by molar-refractivity contribution is 6.35. The highest BCUT2D eigenvalue weighted by Gasteiger charge is 2.22. The van der Waals surface area contributed by atoms with Crippen molar-refractivity contribution in [3.05, 3.63) is 69.7 Å². The molecule has 0 aromatic heterocycles. The van der Waals surface area contributed by atoms with Gasteiger partial charge in [-0.1, -0.05) is 59.6 Å². The normalized spacial score (nSPS) is 14.0. The summed E-state index contributed by atoms with van der Waals surface area (Å²) in [5.74, 6) is 0. The molecule has 0 aliphatic carbocycles. The summed E-state index contributed by atoms with van der Waals surface area (Å²) in [4.78, 5) is 0. The zero-order chi connectivity index (χ0) is 14.5. The van der Waals surface area contributed by atoms with E-state index in [1.165, 1.54) is 0 Å². The molecule has 2 aromatic carbocycles. The summed E-state index contributed by atoms with van der Waals surface area (Å²) in [7, 11) is 1.58. The lowest BCUT2D eigenvalue weighted by Gasteiger charge is -2.23. The fourth-order valence-electron chi connectivity index (χ4n) is 2.20. The molecule has 2 unspecified atom stereocenters. The maximum absolute atomic E-state index is 10.4. The third-order valence-electron chi connectivity index (χ3n) is 3.21. The number of aliphatic hydroxyl groups excluding tert-OH is 1. The van der Waals surface area contributed by atoms with Crippen molar-refractivity contribution in [2.45, 2.75) is 18.6 Å². The fourth-order valence-corrected chi connectivity index (χ4v) is 2.75. The molecule has 2 rings (SSSR count). The highest BCUT2D eigenvalue weighted by atomic mass is 35.5. The van der Waals surface area contributed by atoms with E-state index in [0.29, 0.717) is 16.5 Å². The Morgan fingerprint density at radius 2 is 1.60 bits per heavy atom. The van der Waals surface area contributed by atoms with Gasteiger partial charge in [0.05, 0.1) is 6.10 Å². The summed E-state index contributed by atoms with van der Waals surface area (Å²) >= 11 is 12.3. The van der Waals surface area contributed by atoms with Crippen LogP contribution in [-0.2, 0) is 11.2 Å². The SMILES string of the molecule is COC(c1ccccc1)C(O)Cc1c(Cl)cccc1Cl. The molecule has 0 heterocycles. The van der Waals surface area contributed by atoms with Crippen molar-refractivity contribution in [1.29, 1.82) is 0 Å². The molecule has 20 heavy (non-hydrogen) atoms. The summed E-state index contributed by atoms with van der Waals surface area (Å²) in [6, 6.07) is 14.9. The number of hydrogen-bond donors (Lipinski definition) is 1. The quantitative estimate of drug-likeness (QED) is 0.893. The van der Waals surface area contributed by atoms with Gasteiger partial charge in [-0.15, -0.1) is 0 Å². The Hall–Kier alpha value is -1.06. The summed E-state index contributed by atoms with van der Waals surface area (Å²) in [6.07, 6.45) is -0.797. The Bertz CT molecular complexity index is 537. The van der Waals surface area contributed by atoms with Gasteiger partial charge in [-0.2, -0.15) is 0 Å². The van der Waals surface area contributed by atoms with Crippen LogP contribution in [0.3, 0.4) is 0 Å². The van der Waals surface area contributed by atoms with Crippen LogP contribution >= 0.6 is 23.2 Å². The van der Waals surface area contributed by atoms with Crippen molar-refractivity contribution in [2.24, 2.45) is 0 Å². The van der Waals surface area contributed by atoms with E-state index < -0.39 is 12.2 Å². The third-order valence-corrected chi connectivity index (χ3v) is 3.91. The Balaban J connectivity index is 2.20. The smallest absolute Gasteiger partial charge is 0.108 e. The van der Waals surface area contributed by atoms with Crippen molar-refractivity contribution in [1.82, 2.24) is 0 Å². The van der Waals surface area contributed by atoms with Crippen LogP contribution in [0.4, 0.5) is 0 Å². The molecule has 1 N–H and O–H groups in total. The average molecular weight is 311 g/mol. The summed E-state index contributed by atoms with van der Waals surface area (Å²) < 4.78 is 5.41. The van der Waals surface area contributed by atoms with E-state index in [1.54, 1.807) is 25.3 Å². The van der Waals surface area contributed by atoms with Crippen LogP contribution in [0.1, 0.15) is 17.2 Å². The molecule has 2 nitrogen and oxygen atoms in total. The predicted octanol–water partition coefficient (Wildman–Crippen LogP) is 4.28. The minimum atomic E-state index is -0.722. The first-order chi connectivity index (χ1) is 9.63. The van der Waals surface area contributed by atoms with Gasteiger partial charge in [-0.05, 0) is 23.3 Å². The molecule has 0 radical (unpaired) electrons. The molecule has 0 amide bonds. The molecular weight excluding hydrogens is 295 g/mol. The second-order valence-corrected chi connectivity index (χ2v) is 5.35. The largest absolute Gasteiger partial charge is 0.390 e. The monoisotopic (exact) mass is 310 g/mol. The number of benzene rings is 2. The Morgan fingerprint density at radius 3 is 2.15 bits per heavy atom. The van der Waals surface area contributed by atoms with E-state index in [-0.39, 0.29) is 0 Å². The third kappa shape index (κ3) is 3.53. The molecule has 0 fully saturated rings.